The highest BCUT2D eigenvalue weighted by atomic mass is 79.9. The van der Waals surface area contributed by atoms with Crippen LogP contribution < -0.4 is 10.1 Å². The molecule has 2 rings (SSSR count). The smallest absolute Gasteiger partial charge is 0.224 e. The summed E-state index contributed by atoms with van der Waals surface area (Å²) in [5.74, 6) is 0.154. The molecule has 0 bridgehead atoms. The van der Waals surface area contributed by atoms with E-state index in [0.717, 1.165) is 15.6 Å². The van der Waals surface area contributed by atoms with Gasteiger partial charge in [0.05, 0.1) is 11.1 Å². The average molecular weight is 415 g/mol. The zero-order chi connectivity index (χ0) is 17.7. The first-order valence-corrected chi connectivity index (χ1v) is 8.69. The maximum atomic E-state index is 13.1. The molecule has 0 saturated carbocycles. The first-order chi connectivity index (χ1) is 11.4. The van der Waals surface area contributed by atoms with Gasteiger partial charge in [-0.1, -0.05) is 17.7 Å². The summed E-state index contributed by atoms with van der Waals surface area (Å²) in [4.78, 5) is 11.8. The van der Waals surface area contributed by atoms with Gasteiger partial charge < -0.3 is 10.1 Å². The van der Waals surface area contributed by atoms with Crippen molar-refractivity contribution in [3.8, 4) is 5.75 Å². The quantitative estimate of drug-likeness (QED) is 0.620. The zero-order valence-corrected chi connectivity index (χ0v) is 15.8. The standard InChI is InChI=1S/C18H18BrClFNO2/c1-11-9-15(17(19)12(2)18(11)20)24-8-4-7-16(23)22-14-6-3-5-13(21)10-14/h3,5-6,9-10H,4,7-8H2,1-2H3,(H,22,23). The van der Waals surface area contributed by atoms with Crippen molar-refractivity contribution in [3.05, 3.63) is 56.8 Å². The third-order valence-corrected chi connectivity index (χ3v) is 5.05. The van der Waals surface area contributed by atoms with Crippen LogP contribution in [0.4, 0.5) is 10.1 Å². The van der Waals surface area contributed by atoms with Crippen LogP contribution in [0.15, 0.2) is 34.8 Å². The van der Waals surface area contributed by atoms with Crippen LogP contribution in [0, 0.1) is 19.7 Å². The van der Waals surface area contributed by atoms with Crippen LogP contribution in [0.25, 0.3) is 0 Å². The van der Waals surface area contributed by atoms with Crippen molar-refractivity contribution < 1.29 is 13.9 Å². The van der Waals surface area contributed by atoms with Gasteiger partial charge in [-0.2, -0.15) is 0 Å². The minimum atomic E-state index is -0.380. The van der Waals surface area contributed by atoms with Crippen LogP contribution in [-0.4, -0.2) is 12.5 Å². The molecule has 6 heteroatoms. The number of rotatable bonds is 6. The lowest BCUT2D eigenvalue weighted by Gasteiger charge is -2.13. The molecule has 1 N–H and O–H groups in total. The van der Waals surface area contributed by atoms with Gasteiger partial charge in [-0.15, -0.1) is 0 Å². The van der Waals surface area contributed by atoms with Gasteiger partial charge in [0.25, 0.3) is 0 Å². The van der Waals surface area contributed by atoms with Crippen LogP contribution in [0.2, 0.25) is 5.02 Å². The molecule has 0 aliphatic carbocycles. The Morgan fingerprint density at radius 1 is 1.33 bits per heavy atom. The maximum Gasteiger partial charge on any atom is 0.224 e. The SMILES string of the molecule is Cc1cc(OCCCC(=O)Nc2cccc(F)c2)c(Br)c(C)c1Cl. The fourth-order valence-electron chi connectivity index (χ4n) is 2.21. The molecule has 2 aromatic carbocycles. The van der Waals surface area contributed by atoms with Crippen molar-refractivity contribution in [2.24, 2.45) is 0 Å². The minimum absolute atomic E-state index is 0.174. The van der Waals surface area contributed by atoms with Crippen LogP contribution >= 0.6 is 27.5 Å². The molecule has 0 atom stereocenters. The molecule has 0 aliphatic rings. The molecule has 0 aliphatic heterocycles. The number of carbonyl (C=O) groups is 1. The van der Waals surface area contributed by atoms with Crippen molar-refractivity contribution in [2.75, 3.05) is 11.9 Å². The van der Waals surface area contributed by atoms with Crippen molar-refractivity contribution >= 4 is 39.1 Å². The monoisotopic (exact) mass is 413 g/mol. The van der Waals surface area contributed by atoms with Gasteiger partial charge in [0.2, 0.25) is 5.91 Å². The van der Waals surface area contributed by atoms with Crippen LogP contribution in [0.3, 0.4) is 0 Å². The van der Waals surface area contributed by atoms with Gasteiger partial charge in [-0.3, -0.25) is 4.79 Å². The molecule has 1 amide bonds. The van der Waals surface area contributed by atoms with E-state index in [2.05, 4.69) is 21.2 Å². The highest BCUT2D eigenvalue weighted by molar-refractivity contribution is 9.10. The van der Waals surface area contributed by atoms with Crippen LogP contribution in [-0.2, 0) is 4.79 Å². The summed E-state index contributed by atoms with van der Waals surface area (Å²) >= 11 is 9.65. The Balaban J connectivity index is 1.82. The first-order valence-electron chi connectivity index (χ1n) is 7.52. The van der Waals surface area contributed by atoms with E-state index < -0.39 is 0 Å². The second kappa shape index (κ2) is 8.49. The fraction of sp³-hybridized carbons (Fsp3) is 0.278. The molecule has 0 radical (unpaired) electrons. The normalized spacial score (nSPS) is 10.5. The van der Waals surface area contributed by atoms with Gasteiger partial charge in [0.15, 0.2) is 0 Å². The lowest BCUT2D eigenvalue weighted by molar-refractivity contribution is -0.116. The zero-order valence-electron chi connectivity index (χ0n) is 13.5. The van der Waals surface area contributed by atoms with Gasteiger partial charge in [-0.25, -0.2) is 4.39 Å². The second-order valence-electron chi connectivity index (χ2n) is 5.46. The molecule has 0 unspecified atom stereocenters. The third kappa shape index (κ3) is 4.95. The second-order valence-corrected chi connectivity index (χ2v) is 6.63. The molecule has 0 aromatic heterocycles. The predicted molar refractivity (Wildman–Crippen MR) is 98.4 cm³/mol. The van der Waals surface area contributed by atoms with Crippen molar-refractivity contribution in [3.63, 3.8) is 0 Å². The Morgan fingerprint density at radius 2 is 2.08 bits per heavy atom. The molecule has 3 nitrogen and oxygen atoms in total. The minimum Gasteiger partial charge on any atom is -0.492 e. The lowest BCUT2D eigenvalue weighted by Crippen LogP contribution is -2.13. The maximum absolute atomic E-state index is 13.1. The van der Waals surface area contributed by atoms with E-state index in [0.29, 0.717) is 35.9 Å². The number of benzene rings is 2. The van der Waals surface area contributed by atoms with Crippen molar-refractivity contribution in [1.29, 1.82) is 0 Å². The van der Waals surface area contributed by atoms with E-state index in [9.17, 15) is 9.18 Å². The largest absolute Gasteiger partial charge is 0.492 e. The summed E-state index contributed by atoms with van der Waals surface area (Å²) in [5.41, 5.74) is 2.32. The summed E-state index contributed by atoms with van der Waals surface area (Å²) in [7, 11) is 0. The number of carbonyl (C=O) groups excluding carboxylic acids is 1. The number of halogens is 3. The summed E-state index contributed by atoms with van der Waals surface area (Å²) in [5, 5.41) is 3.37. The first kappa shape index (κ1) is 18.7. The number of hydrogen-bond acceptors (Lipinski definition) is 2. The summed E-state index contributed by atoms with van der Waals surface area (Å²) in [6, 6.07) is 7.68. The molecule has 0 spiro atoms. The highest BCUT2D eigenvalue weighted by Gasteiger charge is 2.11. The number of nitrogens with one attached hydrogen (secondary N) is 1. The van der Waals surface area contributed by atoms with Gasteiger partial charge in [-0.05, 0) is 71.6 Å². The summed E-state index contributed by atoms with van der Waals surface area (Å²) in [6.07, 6.45) is 0.841. The van der Waals surface area contributed by atoms with Crippen molar-refractivity contribution in [2.45, 2.75) is 26.7 Å². The Hall–Kier alpha value is -1.59. The van der Waals surface area contributed by atoms with E-state index in [1.807, 2.05) is 19.9 Å². The predicted octanol–water partition coefficient (Wildman–Crippen LogP) is 5.66. The van der Waals surface area contributed by atoms with E-state index >= 15 is 0 Å². The van der Waals surface area contributed by atoms with E-state index in [1.165, 1.54) is 12.1 Å². The third-order valence-electron chi connectivity index (χ3n) is 3.48. The molecule has 0 saturated heterocycles. The molecule has 0 heterocycles. The number of aryl methyl sites for hydroxylation is 1. The average Bonchev–Trinajstić information content (AvgIpc) is 2.54. The topological polar surface area (TPSA) is 38.3 Å². The molecule has 0 fully saturated rings. The van der Waals surface area contributed by atoms with Crippen molar-refractivity contribution in [1.82, 2.24) is 0 Å². The lowest BCUT2D eigenvalue weighted by atomic mass is 10.1. The molecule has 128 valence electrons. The molecular weight excluding hydrogens is 397 g/mol. The number of ether oxygens (including phenoxy) is 1. The summed E-state index contributed by atoms with van der Waals surface area (Å²) in [6.45, 7) is 4.23. The fourth-order valence-corrected chi connectivity index (χ4v) is 2.90. The van der Waals surface area contributed by atoms with E-state index in [-0.39, 0.29) is 11.7 Å². The molecule has 24 heavy (non-hydrogen) atoms. The van der Waals surface area contributed by atoms with E-state index in [4.69, 9.17) is 16.3 Å². The van der Waals surface area contributed by atoms with Gasteiger partial charge in [0.1, 0.15) is 11.6 Å². The molecule has 2 aromatic rings. The van der Waals surface area contributed by atoms with Gasteiger partial charge >= 0.3 is 0 Å². The highest BCUT2D eigenvalue weighted by Crippen LogP contribution is 2.35. The Morgan fingerprint density at radius 3 is 2.79 bits per heavy atom. The van der Waals surface area contributed by atoms with Gasteiger partial charge in [0, 0.05) is 17.1 Å². The van der Waals surface area contributed by atoms with E-state index in [1.54, 1.807) is 12.1 Å². The Labute approximate surface area is 154 Å². The number of amides is 1. The Kier molecular flexibility index (Phi) is 6.63. The number of anilines is 1. The Bertz CT molecular complexity index is 752. The van der Waals surface area contributed by atoms with Crippen LogP contribution in [0.1, 0.15) is 24.0 Å². The summed E-state index contributed by atoms with van der Waals surface area (Å²) < 4.78 is 19.6. The number of hydrogen-bond donors (Lipinski definition) is 1. The van der Waals surface area contributed by atoms with Crippen LogP contribution in [0.5, 0.6) is 5.75 Å². The molecular formula is C18H18BrClFNO2.